The van der Waals surface area contributed by atoms with Crippen molar-refractivity contribution in [1.82, 2.24) is 9.97 Å². The van der Waals surface area contributed by atoms with E-state index in [-0.39, 0.29) is 5.41 Å². The van der Waals surface area contributed by atoms with Crippen LogP contribution < -0.4 is 10.6 Å². The highest BCUT2D eigenvalue weighted by atomic mass is 32.2. The van der Waals surface area contributed by atoms with Gasteiger partial charge in [-0.25, -0.2) is 9.97 Å². The van der Waals surface area contributed by atoms with Gasteiger partial charge in [0.25, 0.3) is 0 Å². The summed E-state index contributed by atoms with van der Waals surface area (Å²) in [5.41, 5.74) is 0.469. The van der Waals surface area contributed by atoms with Crippen LogP contribution in [-0.4, -0.2) is 21.8 Å². The molecule has 0 saturated heterocycles. The molecule has 0 fully saturated rings. The Morgan fingerprint density at radius 1 is 1.07 bits per heavy atom. The average Bonchev–Trinajstić information content (AvgIpc) is 3.30. The second kappa shape index (κ2) is 8.57. The molecule has 0 aliphatic carbocycles. The van der Waals surface area contributed by atoms with Crippen LogP contribution in [-0.2, 0) is 20.8 Å². The fraction of sp³-hybridized carbons (Fsp3) is 0.263. The van der Waals surface area contributed by atoms with Gasteiger partial charge in [-0.3, -0.25) is 14.9 Å². The van der Waals surface area contributed by atoms with Gasteiger partial charge in [-0.15, -0.1) is 11.8 Å². The van der Waals surface area contributed by atoms with Gasteiger partial charge in [0.2, 0.25) is 5.89 Å². The molecule has 0 atom stereocenters. The van der Waals surface area contributed by atoms with Crippen molar-refractivity contribution >= 4 is 45.7 Å². The monoisotopic (exact) mass is 416 g/mol. The molecule has 9 heteroatoms. The largest absolute Gasteiger partial charge is 0.444 e. The summed E-state index contributed by atoms with van der Waals surface area (Å²) in [6, 6.07) is 8.78. The summed E-state index contributed by atoms with van der Waals surface area (Å²) in [6.07, 6.45) is 3.40. The molecule has 3 rings (SSSR count). The van der Waals surface area contributed by atoms with Gasteiger partial charge in [-0.05, 0) is 12.1 Å². The van der Waals surface area contributed by atoms with Crippen molar-refractivity contribution in [2.75, 3.05) is 10.6 Å². The molecule has 3 aromatic rings. The number of para-hydroxylation sites is 1. The van der Waals surface area contributed by atoms with Gasteiger partial charge < -0.3 is 9.73 Å². The maximum Gasteiger partial charge on any atom is 0.315 e. The number of thiazole rings is 1. The SMILES string of the molecule is CC(C)(C)c1cnc(CSc2cnc(NC(=O)C(=O)Nc3ccccc3)s2)o1. The minimum Gasteiger partial charge on any atom is -0.444 e. The molecular formula is C19H20N4O3S2. The van der Waals surface area contributed by atoms with Crippen molar-refractivity contribution in [2.45, 2.75) is 36.1 Å². The fourth-order valence-corrected chi connectivity index (χ4v) is 3.82. The Balaban J connectivity index is 1.51. The van der Waals surface area contributed by atoms with Gasteiger partial charge in [-0.1, -0.05) is 50.3 Å². The lowest BCUT2D eigenvalue weighted by Gasteiger charge is -2.12. The number of carbonyl (C=O) groups excluding carboxylic acids is 2. The molecule has 1 aromatic carbocycles. The van der Waals surface area contributed by atoms with Gasteiger partial charge in [0.1, 0.15) is 5.76 Å². The second-order valence-electron chi connectivity index (χ2n) is 6.92. The van der Waals surface area contributed by atoms with E-state index in [1.807, 2.05) is 6.07 Å². The Hall–Kier alpha value is -2.65. The number of amides is 2. The molecule has 0 spiro atoms. The Labute approximate surface area is 171 Å². The zero-order chi connectivity index (χ0) is 20.1. The molecule has 2 amide bonds. The van der Waals surface area contributed by atoms with Gasteiger partial charge in [0.15, 0.2) is 5.13 Å². The summed E-state index contributed by atoms with van der Waals surface area (Å²) < 4.78 is 6.64. The number of aromatic nitrogens is 2. The standard InChI is InChI=1S/C19H20N4O3S2/c1-19(2,3)13-9-20-14(26-13)11-27-15-10-21-18(28-15)23-17(25)16(24)22-12-7-5-4-6-8-12/h4-10H,11H2,1-3H3,(H,22,24)(H,21,23,25). The molecule has 0 unspecified atom stereocenters. The van der Waals surface area contributed by atoms with Crippen LogP contribution in [0.5, 0.6) is 0 Å². The molecule has 2 heterocycles. The Morgan fingerprint density at radius 2 is 1.79 bits per heavy atom. The molecule has 0 aliphatic heterocycles. The van der Waals surface area contributed by atoms with Crippen molar-refractivity contribution < 1.29 is 14.0 Å². The lowest BCUT2D eigenvalue weighted by molar-refractivity contribution is -0.132. The number of benzene rings is 1. The van der Waals surface area contributed by atoms with Crippen LogP contribution in [0.2, 0.25) is 0 Å². The third-order valence-corrected chi connectivity index (χ3v) is 5.67. The first-order valence-electron chi connectivity index (χ1n) is 8.52. The Morgan fingerprint density at radius 3 is 2.46 bits per heavy atom. The number of oxazole rings is 1. The Bertz CT molecular complexity index is 961. The van der Waals surface area contributed by atoms with Crippen LogP contribution in [0.25, 0.3) is 0 Å². The van der Waals surface area contributed by atoms with Crippen LogP contribution in [0.4, 0.5) is 10.8 Å². The summed E-state index contributed by atoms with van der Waals surface area (Å²) in [4.78, 5) is 32.4. The minimum absolute atomic E-state index is 0.0851. The van der Waals surface area contributed by atoms with E-state index in [4.69, 9.17) is 4.42 Å². The maximum absolute atomic E-state index is 12.0. The maximum atomic E-state index is 12.0. The first kappa shape index (κ1) is 20.1. The average molecular weight is 417 g/mol. The first-order valence-corrected chi connectivity index (χ1v) is 10.3. The van der Waals surface area contributed by atoms with E-state index in [1.165, 1.54) is 23.1 Å². The van der Waals surface area contributed by atoms with Crippen molar-refractivity contribution in [3.05, 3.63) is 54.4 Å². The molecule has 28 heavy (non-hydrogen) atoms. The van der Waals surface area contributed by atoms with Crippen LogP contribution in [0.1, 0.15) is 32.4 Å². The number of nitrogens with zero attached hydrogens (tertiary/aromatic N) is 2. The fourth-order valence-electron chi connectivity index (χ4n) is 2.10. The molecule has 0 bridgehead atoms. The van der Waals surface area contributed by atoms with Crippen LogP contribution >= 0.6 is 23.1 Å². The van der Waals surface area contributed by atoms with E-state index in [9.17, 15) is 9.59 Å². The van der Waals surface area contributed by atoms with Crippen LogP contribution in [0, 0.1) is 0 Å². The highest BCUT2D eigenvalue weighted by Gasteiger charge is 2.19. The van der Waals surface area contributed by atoms with Crippen LogP contribution in [0.3, 0.4) is 0 Å². The van der Waals surface area contributed by atoms with Crippen molar-refractivity contribution in [3.8, 4) is 0 Å². The number of nitrogens with one attached hydrogen (secondary N) is 2. The molecule has 7 nitrogen and oxygen atoms in total. The predicted molar refractivity (Wildman–Crippen MR) is 111 cm³/mol. The number of hydrogen-bond acceptors (Lipinski definition) is 7. The van der Waals surface area contributed by atoms with E-state index in [2.05, 4.69) is 41.4 Å². The molecule has 2 N–H and O–H groups in total. The normalized spacial score (nSPS) is 11.2. The number of carbonyl (C=O) groups is 2. The summed E-state index contributed by atoms with van der Waals surface area (Å²) in [6.45, 7) is 6.20. The summed E-state index contributed by atoms with van der Waals surface area (Å²) in [5.74, 6) is 0.517. The zero-order valence-corrected chi connectivity index (χ0v) is 17.3. The van der Waals surface area contributed by atoms with Gasteiger partial charge in [0, 0.05) is 11.1 Å². The van der Waals surface area contributed by atoms with Gasteiger partial charge in [0.05, 0.1) is 22.4 Å². The Kier molecular flexibility index (Phi) is 6.15. The third kappa shape index (κ3) is 5.43. The number of thioether (sulfide) groups is 1. The van der Waals surface area contributed by atoms with Crippen LogP contribution in [0.15, 0.2) is 51.4 Å². The number of rotatable bonds is 5. The topological polar surface area (TPSA) is 97.1 Å². The van der Waals surface area contributed by atoms with E-state index in [0.29, 0.717) is 22.5 Å². The van der Waals surface area contributed by atoms with Gasteiger partial charge >= 0.3 is 11.8 Å². The van der Waals surface area contributed by atoms with E-state index < -0.39 is 11.8 Å². The van der Waals surface area contributed by atoms with Crippen molar-refractivity contribution in [2.24, 2.45) is 0 Å². The van der Waals surface area contributed by atoms with E-state index in [1.54, 1.807) is 36.7 Å². The van der Waals surface area contributed by atoms with Crippen molar-refractivity contribution in [3.63, 3.8) is 0 Å². The molecule has 0 saturated carbocycles. The lowest BCUT2D eigenvalue weighted by Crippen LogP contribution is -2.28. The van der Waals surface area contributed by atoms with Crippen molar-refractivity contribution in [1.29, 1.82) is 0 Å². The highest BCUT2D eigenvalue weighted by molar-refractivity contribution is 8.00. The molecule has 0 aliphatic rings. The third-order valence-electron chi connectivity index (χ3n) is 3.57. The first-order chi connectivity index (χ1) is 13.3. The van der Waals surface area contributed by atoms with Gasteiger partial charge in [-0.2, -0.15) is 0 Å². The second-order valence-corrected chi connectivity index (χ2v) is 9.22. The van der Waals surface area contributed by atoms with E-state index >= 15 is 0 Å². The molecule has 0 radical (unpaired) electrons. The number of hydrogen-bond donors (Lipinski definition) is 2. The lowest BCUT2D eigenvalue weighted by atomic mass is 9.94. The predicted octanol–water partition coefficient (Wildman–Crippen LogP) is 4.30. The summed E-state index contributed by atoms with van der Waals surface area (Å²) >= 11 is 2.79. The highest BCUT2D eigenvalue weighted by Crippen LogP contribution is 2.31. The smallest absolute Gasteiger partial charge is 0.315 e. The van der Waals surface area contributed by atoms with E-state index in [0.717, 1.165) is 9.97 Å². The molecular weight excluding hydrogens is 396 g/mol. The molecule has 2 aromatic heterocycles. The molecule has 146 valence electrons. The minimum atomic E-state index is -0.766. The quantitative estimate of drug-likeness (QED) is 0.475. The summed E-state index contributed by atoms with van der Waals surface area (Å²) in [7, 11) is 0. The zero-order valence-electron chi connectivity index (χ0n) is 15.7. The number of anilines is 2. The summed E-state index contributed by atoms with van der Waals surface area (Å²) in [5, 5.41) is 5.40.